The highest BCUT2D eigenvalue weighted by Crippen LogP contribution is 2.44. The number of nitrogens with one attached hydrogen (secondary N) is 2. The molecule has 0 saturated heterocycles. The molecule has 1 aliphatic rings. The fraction of sp³-hybridized carbons (Fsp3) is 0.375. The van der Waals surface area contributed by atoms with Gasteiger partial charge in [-0.15, -0.1) is 0 Å². The minimum absolute atomic E-state index is 0.00878. The van der Waals surface area contributed by atoms with Crippen molar-refractivity contribution in [2.24, 2.45) is 0 Å². The Morgan fingerprint density at radius 2 is 1.62 bits per heavy atom. The van der Waals surface area contributed by atoms with Gasteiger partial charge in [0.2, 0.25) is 5.91 Å². The Balaban J connectivity index is 1.53. The summed E-state index contributed by atoms with van der Waals surface area (Å²) < 4.78 is 10.5. The largest absolute Gasteiger partial charge is 0.481 e. The van der Waals surface area contributed by atoms with Gasteiger partial charge in [-0.25, -0.2) is 4.79 Å². The summed E-state index contributed by atoms with van der Waals surface area (Å²) in [7, 11) is 1.44. The average Bonchev–Trinajstić information content (AvgIpc) is 3.10. The highest BCUT2D eigenvalue weighted by Gasteiger charge is 2.29. The lowest BCUT2D eigenvalue weighted by Crippen LogP contribution is -2.49. The predicted molar refractivity (Wildman–Crippen MR) is 118 cm³/mol. The van der Waals surface area contributed by atoms with E-state index in [0.29, 0.717) is 19.4 Å². The first-order valence-corrected chi connectivity index (χ1v) is 10.6. The molecule has 0 heterocycles. The Kier molecular flexibility index (Phi) is 8.21. The quantitative estimate of drug-likeness (QED) is 0.463. The van der Waals surface area contributed by atoms with Gasteiger partial charge in [-0.1, -0.05) is 48.5 Å². The molecule has 32 heavy (non-hydrogen) atoms. The lowest BCUT2D eigenvalue weighted by molar-refractivity contribution is -0.137. The molecule has 0 radical (unpaired) electrons. The Bertz CT molecular complexity index is 916. The van der Waals surface area contributed by atoms with Gasteiger partial charge < -0.3 is 25.2 Å². The van der Waals surface area contributed by atoms with Crippen molar-refractivity contribution in [3.05, 3.63) is 59.7 Å². The fourth-order valence-electron chi connectivity index (χ4n) is 3.87. The molecule has 3 rings (SSSR count). The molecule has 0 aromatic heterocycles. The Morgan fingerprint density at radius 1 is 1.00 bits per heavy atom. The first-order valence-electron chi connectivity index (χ1n) is 10.6. The van der Waals surface area contributed by atoms with Gasteiger partial charge >= 0.3 is 12.1 Å². The van der Waals surface area contributed by atoms with Crippen LogP contribution in [0, 0.1) is 0 Å². The number of carbonyl (C=O) groups is 3. The van der Waals surface area contributed by atoms with Gasteiger partial charge in [-0.2, -0.15) is 0 Å². The second-order valence-corrected chi connectivity index (χ2v) is 7.62. The molecule has 0 aliphatic heterocycles. The van der Waals surface area contributed by atoms with Gasteiger partial charge in [0.1, 0.15) is 12.6 Å². The fourth-order valence-corrected chi connectivity index (χ4v) is 3.87. The van der Waals surface area contributed by atoms with Gasteiger partial charge in [0.05, 0.1) is 6.61 Å². The number of aliphatic carboxylic acids is 1. The zero-order valence-corrected chi connectivity index (χ0v) is 18.0. The maximum atomic E-state index is 12.4. The third kappa shape index (κ3) is 5.85. The minimum atomic E-state index is -0.907. The van der Waals surface area contributed by atoms with Crippen LogP contribution in [-0.2, 0) is 19.1 Å². The van der Waals surface area contributed by atoms with Gasteiger partial charge in [0.25, 0.3) is 0 Å². The molecule has 1 aliphatic carbocycles. The maximum absolute atomic E-state index is 12.4. The van der Waals surface area contributed by atoms with Crippen molar-refractivity contribution in [3.63, 3.8) is 0 Å². The predicted octanol–water partition coefficient (Wildman–Crippen LogP) is 2.91. The van der Waals surface area contributed by atoms with Crippen molar-refractivity contribution < 1.29 is 29.0 Å². The molecule has 0 spiro atoms. The number of benzene rings is 2. The normalized spacial score (nSPS) is 13.0. The summed E-state index contributed by atoms with van der Waals surface area (Å²) in [6.45, 7) is 0.459. The number of hydrogen-bond acceptors (Lipinski definition) is 5. The first kappa shape index (κ1) is 23.3. The van der Waals surface area contributed by atoms with Crippen molar-refractivity contribution in [1.29, 1.82) is 0 Å². The van der Waals surface area contributed by atoms with Crippen LogP contribution in [0.15, 0.2) is 48.5 Å². The summed E-state index contributed by atoms with van der Waals surface area (Å²) in [5, 5.41) is 13.9. The Morgan fingerprint density at radius 3 is 2.22 bits per heavy atom. The highest BCUT2D eigenvalue weighted by atomic mass is 16.5. The molecule has 170 valence electrons. The smallest absolute Gasteiger partial charge is 0.407 e. The monoisotopic (exact) mass is 440 g/mol. The van der Waals surface area contributed by atoms with E-state index in [-0.39, 0.29) is 25.6 Å². The molecule has 2 aromatic rings. The molecule has 0 bridgehead atoms. The number of unbranched alkanes of at least 4 members (excludes halogenated alkanes) is 1. The van der Waals surface area contributed by atoms with E-state index in [4.69, 9.17) is 14.6 Å². The molecular weight excluding hydrogens is 412 g/mol. The third-order valence-electron chi connectivity index (χ3n) is 5.40. The summed E-state index contributed by atoms with van der Waals surface area (Å²) in [6.07, 6.45) is 0.345. The number of methoxy groups -OCH3 is 1. The SMILES string of the molecule is COCC(NC(=O)OCC1c2ccccc2-c2ccccc21)C(=O)NCCCCC(=O)O. The van der Waals surface area contributed by atoms with E-state index in [1.807, 2.05) is 36.4 Å². The van der Waals surface area contributed by atoms with E-state index in [1.54, 1.807) is 0 Å². The van der Waals surface area contributed by atoms with E-state index >= 15 is 0 Å². The summed E-state index contributed by atoms with van der Waals surface area (Å²) >= 11 is 0. The molecule has 1 unspecified atom stereocenters. The van der Waals surface area contributed by atoms with Crippen molar-refractivity contribution in [1.82, 2.24) is 10.6 Å². The summed E-state index contributed by atoms with van der Waals surface area (Å²) in [5.41, 5.74) is 4.48. The number of amides is 2. The van der Waals surface area contributed by atoms with Crippen LogP contribution in [0.4, 0.5) is 4.79 Å². The number of hydrogen-bond donors (Lipinski definition) is 3. The number of fused-ring (bicyclic) bond motifs is 3. The topological polar surface area (TPSA) is 114 Å². The summed E-state index contributed by atoms with van der Waals surface area (Å²) in [5.74, 6) is -1.35. The summed E-state index contributed by atoms with van der Waals surface area (Å²) in [6, 6.07) is 15.2. The number of carbonyl (C=O) groups excluding carboxylic acids is 2. The van der Waals surface area contributed by atoms with Crippen molar-refractivity contribution >= 4 is 18.0 Å². The standard InChI is InChI=1S/C24H28N2O6/c1-31-15-21(23(29)25-13-7-6-12-22(27)28)26-24(30)32-14-20-18-10-4-2-8-16(18)17-9-3-5-11-19(17)20/h2-5,8-11,20-21H,6-7,12-15H2,1H3,(H,25,29)(H,26,30)(H,27,28). The van der Waals surface area contributed by atoms with Gasteiger partial charge in [-0.05, 0) is 35.1 Å². The van der Waals surface area contributed by atoms with E-state index < -0.39 is 24.0 Å². The van der Waals surface area contributed by atoms with Crippen LogP contribution in [0.1, 0.15) is 36.3 Å². The van der Waals surface area contributed by atoms with Crippen molar-refractivity contribution in [2.45, 2.75) is 31.2 Å². The molecule has 2 aromatic carbocycles. The number of carboxylic acids is 1. The molecule has 0 saturated carbocycles. The van der Waals surface area contributed by atoms with E-state index in [9.17, 15) is 14.4 Å². The average molecular weight is 440 g/mol. The maximum Gasteiger partial charge on any atom is 0.407 e. The Labute approximate surface area is 186 Å². The first-order chi connectivity index (χ1) is 15.5. The number of rotatable bonds is 11. The summed E-state index contributed by atoms with van der Waals surface area (Å²) in [4.78, 5) is 35.3. The molecule has 2 amide bonds. The molecule has 8 nitrogen and oxygen atoms in total. The van der Waals surface area contributed by atoms with Crippen LogP contribution in [0.5, 0.6) is 0 Å². The van der Waals surface area contributed by atoms with Crippen LogP contribution in [0.25, 0.3) is 11.1 Å². The second kappa shape index (κ2) is 11.3. The van der Waals surface area contributed by atoms with E-state index in [2.05, 4.69) is 22.8 Å². The number of carboxylic acid groups (broad SMARTS) is 1. The van der Waals surface area contributed by atoms with Gasteiger partial charge in [0.15, 0.2) is 0 Å². The second-order valence-electron chi connectivity index (χ2n) is 7.62. The highest BCUT2D eigenvalue weighted by molar-refractivity contribution is 5.86. The molecular formula is C24H28N2O6. The van der Waals surface area contributed by atoms with Crippen LogP contribution >= 0.6 is 0 Å². The molecule has 8 heteroatoms. The van der Waals surface area contributed by atoms with Crippen LogP contribution in [-0.4, -0.2) is 56.0 Å². The van der Waals surface area contributed by atoms with Gasteiger partial charge in [-0.3, -0.25) is 9.59 Å². The Hall–Kier alpha value is -3.39. The number of ether oxygens (including phenoxy) is 2. The number of alkyl carbamates (subject to hydrolysis) is 1. The lowest BCUT2D eigenvalue weighted by atomic mass is 9.98. The zero-order valence-electron chi connectivity index (χ0n) is 18.0. The third-order valence-corrected chi connectivity index (χ3v) is 5.40. The minimum Gasteiger partial charge on any atom is -0.481 e. The van der Waals surface area contributed by atoms with E-state index in [1.165, 1.54) is 7.11 Å². The molecule has 3 N–H and O–H groups in total. The van der Waals surface area contributed by atoms with Crippen LogP contribution < -0.4 is 10.6 Å². The van der Waals surface area contributed by atoms with Crippen molar-refractivity contribution in [2.75, 3.05) is 26.9 Å². The van der Waals surface area contributed by atoms with E-state index in [0.717, 1.165) is 22.3 Å². The van der Waals surface area contributed by atoms with Crippen LogP contribution in [0.3, 0.4) is 0 Å². The van der Waals surface area contributed by atoms with Crippen molar-refractivity contribution in [3.8, 4) is 11.1 Å². The molecule has 0 fully saturated rings. The van der Waals surface area contributed by atoms with Crippen LogP contribution in [0.2, 0.25) is 0 Å². The van der Waals surface area contributed by atoms with Gasteiger partial charge in [0, 0.05) is 26.0 Å². The lowest BCUT2D eigenvalue weighted by Gasteiger charge is -2.19. The zero-order chi connectivity index (χ0) is 22.9. The molecule has 1 atom stereocenters.